The highest BCUT2D eigenvalue weighted by atomic mass is 16.5. The molecule has 1 heterocycles. The minimum atomic E-state index is -0.491. The lowest BCUT2D eigenvalue weighted by Crippen LogP contribution is -2.37. The van der Waals surface area contributed by atoms with Crippen molar-refractivity contribution in [3.05, 3.63) is 59.8 Å². The number of aromatic nitrogens is 2. The van der Waals surface area contributed by atoms with E-state index in [0.717, 1.165) is 12.8 Å². The summed E-state index contributed by atoms with van der Waals surface area (Å²) < 4.78 is 6.55. The van der Waals surface area contributed by atoms with Crippen molar-refractivity contribution in [1.82, 2.24) is 14.7 Å². The third-order valence-corrected chi connectivity index (χ3v) is 5.79. The van der Waals surface area contributed by atoms with Crippen LogP contribution in [0.4, 0.5) is 5.82 Å². The fourth-order valence-electron chi connectivity index (χ4n) is 3.93. The fourth-order valence-corrected chi connectivity index (χ4v) is 3.93. The lowest BCUT2D eigenvalue weighted by Gasteiger charge is -2.29. The molecule has 1 aliphatic carbocycles. The monoisotopic (exact) mass is 420 g/mol. The first kappa shape index (κ1) is 21.1. The third kappa shape index (κ3) is 4.61. The van der Waals surface area contributed by atoms with Crippen LogP contribution in [0.3, 0.4) is 0 Å². The molecule has 1 unspecified atom stereocenters. The minimum absolute atomic E-state index is 0.0962. The maximum Gasteiger partial charge on any atom is 0.343 e. The van der Waals surface area contributed by atoms with E-state index in [1.54, 1.807) is 14.0 Å². The number of hydrogen-bond acceptors (Lipinski definition) is 5. The van der Waals surface area contributed by atoms with Crippen LogP contribution < -0.4 is 5.32 Å². The topological polar surface area (TPSA) is 76.5 Å². The Balaban J connectivity index is 1.50. The first-order valence-corrected chi connectivity index (χ1v) is 10.7. The molecular formula is C24H28N4O3. The first-order chi connectivity index (χ1) is 15.0. The van der Waals surface area contributed by atoms with E-state index < -0.39 is 5.97 Å². The van der Waals surface area contributed by atoms with Gasteiger partial charge in [-0.15, -0.1) is 0 Å². The molecule has 4 rings (SSSR count). The Morgan fingerprint density at radius 2 is 1.97 bits per heavy atom. The zero-order chi connectivity index (χ0) is 22.0. The van der Waals surface area contributed by atoms with Crippen LogP contribution in [-0.2, 0) is 16.6 Å². The molecule has 0 spiro atoms. The van der Waals surface area contributed by atoms with Crippen molar-refractivity contribution < 1.29 is 14.3 Å². The van der Waals surface area contributed by atoms with E-state index in [0.29, 0.717) is 11.9 Å². The molecule has 7 nitrogen and oxygen atoms in total. The van der Waals surface area contributed by atoms with E-state index in [4.69, 9.17) is 4.74 Å². The van der Waals surface area contributed by atoms with Crippen LogP contribution in [0.25, 0.3) is 10.8 Å². The van der Waals surface area contributed by atoms with Gasteiger partial charge in [-0.3, -0.25) is 14.4 Å². The molecule has 1 aliphatic rings. The summed E-state index contributed by atoms with van der Waals surface area (Å²) in [6.07, 6.45) is 3.60. The Hall–Kier alpha value is -3.19. The van der Waals surface area contributed by atoms with Gasteiger partial charge in [0.2, 0.25) is 5.91 Å². The molecule has 7 heteroatoms. The standard InChI is InChI=1S/C24H28N4O3/c1-4-31-24(30)21-14-25-27(3)23(21)26-22(29)15-28(20-11-12-20)16(2)18-10-9-17-7-5-6-8-19(17)13-18/h5-10,13-14,16,20H,4,11-12,15H2,1-3H3,(H,26,29). The van der Waals surface area contributed by atoms with E-state index in [9.17, 15) is 9.59 Å². The highest BCUT2D eigenvalue weighted by Crippen LogP contribution is 2.35. The van der Waals surface area contributed by atoms with Crippen molar-refractivity contribution in [2.24, 2.45) is 7.05 Å². The first-order valence-electron chi connectivity index (χ1n) is 10.7. The predicted molar refractivity (Wildman–Crippen MR) is 120 cm³/mol. The number of carbonyl (C=O) groups excluding carboxylic acids is 2. The molecule has 1 fully saturated rings. The zero-order valence-electron chi connectivity index (χ0n) is 18.2. The molecule has 1 atom stereocenters. The summed E-state index contributed by atoms with van der Waals surface area (Å²) in [7, 11) is 1.69. The van der Waals surface area contributed by atoms with Crippen molar-refractivity contribution in [3.8, 4) is 0 Å². The van der Waals surface area contributed by atoms with Crippen molar-refractivity contribution in [2.45, 2.75) is 38.8 Å². The van der Waals surface area contributed by atoms with Gasteiger partial charge in [-0.05, 0) is 49.1 Å². The number of esters is 1. The summed E-state index contributed by atoms with van der Waals surface area (Å²) in [5, 5.41) is 9.37. The van der Waals surface area contributed by atoms with E-state index >= 15 is 0 Å². The lowest BCUT2D eigenvalue weighted by molar-refractivity contribution is -0.118. The second kappa shape index (κ2) is 8.89. The van der Waals surface area contributed by atoms with E-state index in [1.807, 2.05) is 12.1 Å². The molecule has 3 aromatic rings. The molecule has 1 N–H and O–H groups in total. The number of nitrogens with zero attached hydrogens (tertiary/aromatic N) is 3. The molecule has 0 aliphatic heterocycles. The van der Waals surface area contributed by atoms with Crippen molar-refractivity contribution in [2.75, 3.05) is 18.5 Å². The molecule has 0 saturated heterocycles. The Labute approximate surface area is 182 Å². The maximum absolute atomic E-state index is 12.9. The summed E-state index contributed by atoms with van der Waals surface area (Å²) in [5.41, 5.74) is 1.45. The normalized spacial score (nSPS) is 14.6. The lowest BCUT2D eigenvalue weighted by atomic mass is 10.0. The van der Waals surface area contributed by atoms with Gasteiger partial charge in [-0.25, -0.2) is 4.79 Å². The van der Waals surface area contributed by atoms with E-state index in [-0.39, 0.29) is 30.7 Å². The summed E-state index contributed by atoms with van der Waals surface area (Å²) >= 11 is 0. The van der Waals surface area contributed by atoms with Crippen LogP contribution in [0, 0.1) is 0 Å². The summed E-state index contributed by atoms with van der Waals surface area (Å²) in [6, 6.07) is 15.3. The van der Waals surface area contributed by atoms with Crippen molar-refractivity contribution in [3.63, 3.8) is 0 Å². The number of amides is 1. The van der Waals surface area contributed by atoms with Gasteiger partial charge in [-0.2, -0.15) is 5.10 Å². The highest BCUT2D eigenvalue weighted by molar-refractivity contribution is 6.00. The average Bonchev–Trinajstić information content (AvgIpc) is 3.55. The highest BCUT2D eigenvalue weighted by Gasteiger charge is 2.34. The number of hydrogen-bond donors (Lipinski definition) is 1. The quantitative estimate of drug-likeness (QED) is 0.559. The maximum atomic E-state index is 12.9. The smallest absolute Gasteiger partial charge is 0.343 e. The van der Waals surface area contributed by atoms with Crippen molar-refractivity contribution >= 4 is 28.5 Å². The predicted octanol–water partition coefficient (Wildman–Crippen LogP) is 3.91. The molecule has 0 radical (unpaired) electrons. The summed E-state index contributed by atoms with van der Waals surface area (Å²) in [4.78, 5) is 27.3. The van der Waals surface area contributed by atoms with Crippen LogP contribution in [0.15, 0.2) is 48.7 Å². The molecule has 31 heavy (non-hydrogen) atoms. The molecule has 0 bridgehead atoms. The number of fused-ring (bicyclic) bond motifs is 1. The fraction of sp³-hybridized carbons (Fsp3) is 0.375. The average molecular weight is 421 g/mol. The van der Waals surface area contributed by atoms with Crippen molar-refractivity contribution in [1.29, 1.82) is 0 Å². The molecule has 162 valence electrons. The van der Waals surface area contributed by atoms with Gasteiger partial charge in [0, 0.05) is 19.1 Å². The van der Waals surface area contributed by atoms with Gasteiger partial charge >= 0.3 is 5.97 Å². The number of carbonyl (C=O) groups is 2. The second-order valence-corrected chi connectivity index (χ2v) is 7.99. The van der Waals surface area contributed by atoms with Gasteiger partial charge in [0.05, 0.1) is 19.3 Å². The number of benzene rings is 2. The Kier molecular flexibility index (Phi) is 6.04. The second-order valence-electron chi connectivity index (χ2n) is 7.99. The Morgan fingerprint density at radius 1 is 1.23 bits per heavy atom. The molecular weight excluding hydrogens is 392 g/mol. The minimum Gasteiger partial charge on any atom is -0.462 e. The number of nitrogens with one attached hydrogen (secondary N) is 1. The third-order valence-electron chi connectivity index (χ3n) is 5.79. The van der Waals surface area contributed by atoms with Gasteiger partial charge in [0.1, 0.15) is 11.4 Å². The molecule has 1 saturated carbocycles. The van der Waals surface area contributed by atoms with E-state index in [1.165, 1.54) is 27.2 Å². The molecule has 1 aromatic heterocycles. The molecule has 2 aromatic carbocycles. The number of aryl methyl sites for hydroxylation is 1. The largest absolute Gasteiger partial charge is 0.462 e. The van der Waals surface area contributed by atoms with Crippen LogP contribution in [0.1, 0.15) is 48.7 Å². The number of anilines is 1. The van der Waals surface area contributed by atoms with E-state index in [2.05, 4.69) is 52.6 Å². The van der Waals surface area contributed by atoms with Crippen LogP contribution in [0.5, 0.6) is 0 Å². The molecule has 1 amide bonds. The zero-order valence-corrected chi connectivity index (χ0v) is 18.2. The van der Waals surface area contributed by atoms with Crippen LogP contribution in [0.2, 0.25) is 0 Å². The number of rotatable bonds is 8. The summed E-state index contributed by atoms with van der Waals surface area (Å²) in [6.45, 7) is 4.39. The van der Waals surface area contributed by atoms with Crippen LogP contribution in [-0.4, -0.2) is 45.8 Å². The van der Waals surface area contributed by atoms with Gasteiger partial charge in [0.15, 0.2) is 0 Å². The summed E-state index contributed by atoms with van der Waals surface area (Å²) in [5.74, 6) is -0.305. The SMILES string of the molecule is CCOC(=O)c1cnn(C)c1NC(=O)CN(C1CC1)C(C)c1ccc2ccccc2c1. The van der Waals surface area contributed by atoms with Gasteiger partial charge < -0.3 is 10.1 Å². The Morgan fingerprint density at radius 3 is 2.68 bits per heavy atom. The van der Waals surface area contributed by atoms with Crippen LogP contribution >= 0.6 is 0 Å². The van der Waals surface area contributed by atoms with Gasteiger partial charge in [0.25, 0.3) is 0 Å². The number of ether oxygens (including phenoxy) is 1. The van der Waals surface area contributed by atoms with Gasteiger partial charge in [-0.1, -0.05) is 36.4 Å². The Bertz CT molecular complexity index is 1100.